The second kappa shape index (κ2) is 5.18. The number of halogens is 1. The molecule has 2 aromatic rings. The van der Waals surface area contributed by atoms with Crippen LogP contribution in [0.1, 0.15) is 17.2 Å². The van der Waals surface area contributed by atoms with E-state index in [9.17, 15) is 0 Å². The molecule has 0 radical (unpaired) electrons. The van der Waals surface area contributed by atoms with E-state index in [1.54, 1.807) is 18.6 Å². The Morgan fingerprint density at radius 2 is 1.94 bits per heavy atom. The number of pyridine rings is 2. The third-order valence-corrected chi connectivity index (χ3v) is 2.79. The quantitative estimate of drug-likeness (QED) is 0.938. The lowest BCUT2D eigenvalue weighted by Gasteiger charge is -2.11. The molecule has 0 aliphatic heterocycles. The summed E-state index contributed by atoms with van der Waals surface area (Å²) in [7, 11) is 0. The van der Waals surface area contributed by atoms with Crippen molar-refractivity contribution < 1.29 is 0 Å². The summed E-state index contributed by atoms with van der Waals surface area (Å²) in [6, 6.07) is 5.90. The SMILES string of the molecule is NC(Cc1cncc(Br)c1)c1ccncc1. The van der Waals surface area contributed by atoms with Crippen molar-refractivity contribution in [3.8, 4) is 0 Å². The lowest BCUT2D eigenvalue weighted by atomic mass is 10.0. The van der Waals surface area contributed by atoms with Crippen LogP contribution in [0.4, 0.5) is 0 Å². The first-order chi connectivity index (χ1) is 7.75. The van der Waals surface area contributed by atoms with Gasteiger partial charge in [-0.3, -0.25) is 9.97 Å². The Balaban J connectivity index is 2.11. The average molecular weight is 278 g/mol. The van der Waals surface area contributed by atoms with Crippen LogP contribution in [0.25, 0.3) is 0 Å². The largest absolute Gasteiger partial charge is 0.324 e. The molecular formula is C12H12BrN3. The third kappa shape index (κ3) is 2.87. The second-order valence-corrected chi connectivity index (χ2v) is 4.52. The summed E-state index contributed by atoms with van der Waals surface area (Å²) < 4.78 is 0.979. The van der Waals surface area contributed by atoms with Gasteiger partial charge in [0.05, 0.1) is 0 Å². The molecular weight excluding hydrogens is 266 g/mol. The van der Waals surface area contributed by atoms with E-state index in [2.05, 4.69) is 25.9 Å². The Hall–Kier alpha value is -1.26. The molecule has 2 rings (SSSR count). The summed E-state index contributed by atoms with van der Waals surface area (Å²) >= 11 is 3.39. The molecule has 1 atom stereocenters. The van der Waals surface area contributed by atoms with Crippen LogP contribution in [-0.4, -0.2) is 9.97 Å². The van der Waals surface area contributed by atoms with Gasteiger partial charge in [-0.2, -0.15) is 0 Å². The molecule has 16 heavy (non-hydrogen) atoms. The van der Waals surface area contributed by atoms with E-state index in [0.29, 0.717) is 0 Å². The first kappa shape index (κ1) is 11.2. The fraction of sp³-hybridized carbons (Fsp3) is 0.167. The molecule has 0 bridgehead atoms. The zero-order chi connectivity index (χ0) is 11.4. The first-order valence-corrected chi connectivity index (χ1v) is 5.80. The Labute approximate surface area is 103 Å². The molecule has 82 valence electrons. The maximum atomic E-state index is 6.11. The maximum Gasteiger partial charge on any atom is 0.0410 e. The minimum absolute atomic E-state index is 0.0147. The van der Waals surface area contributed by atoms with Crippen molar-refractivity contribution in [2.24, 2.45) is 5.73 Å². The first-order valence-electron chi connectivity index (χ1n) is 5.00. The Morgan fingerprint density at radius 3 is 2.62 bits per heavy atom. The monoisotopic (exact) mass is 277 g/mol. The van der Waals surface area contributed by atoms with Gasteiger partial charge < -0.3 is 5.73 Å². The zero-order valence-corrected chi connectivity index (χ0v) is 10.3. The molecule has 0 saturated heterocycles. The highest BCUT2D eigenvalue weighted by Crippen LogP contribution is 2.17. The Bertz CT molecular complexity index is 459. The van der Waals surface area contributed by atoms with Crippen LogP contribution in [0.2, 0.25) is 0 Å². The van der Waals surface area contributed by atoms with Crippen molar-refractivity contribution >= 4 is 15.9 Å². The van der Waals surface area contributed by atoms with Gasteiger partial charge in [-0.05, 0) is 51.7 Å². The minimum Gasteiger partial charge on any atom is -0.324 e. The molecule has 0 amide bonds. The maximum absolute atomic E-state index is 6.11. The smallest absolute Gasteiger partial charge is 0.0410 e. The molecule has 2 heterocycles. The van der Waals surface area contributed by atoms with Crippen molar-refractivity contribution in [3.63, 3.8) is 0 Å². The summed E-state index contributed by atoms with van der Waals surface area (Å²) in [5.41, 5.74) is 8.32. The van der Waals surface area contributed by atoms with Gasteiger partial charge in [0.25, 0.3) is 0 Å². The van der Waals surface area contributed by atoms with Gasteiger partial charge in [0, 0.05) is 35.3 Å². The van der Waals surface area contributed by atoms with E-state index in [4.69, 9.17) is 5.73 Å². The summed E-state index contributed by atoms with van der Waals surface area (Å²) in [5, 5.41) is 0. The van der Waals surface area contributed by atoms with Crippen molar-refractivity contribution in [2.45, 2.75) is 12.5 Å². The molecule has 0 aliphatic rings. The summed E-state index contributed by atoms with van der Waals surface area (Å²) in [4.78, 5) is 8.09. The van der Waals surface area contributed by atoms with Crippen LogP contribution < -0.4 is 5.73 Å². The summed E-state index contributed by atoms with van der Waals surface area (Å²) in [6.45, 7) is 0. The van der Waals surface area contributed by atoms with Crippen molar-refractivity contribution in [1.82, 2.24) is 9.97 Å². The highest BCUT2D eigenvalue weighted by Gasteiger charge is 2.07. The molecule has 2 N–H and O–H groups in total. The van der Waals surface area contributed by atoms with Crippen molar-refractivity contribution in [1.29, 1.82) is 0 Å². The van der Waals surface area contributed by atoms with E-state index < -0.39 is 0 Å². The van der Waals surface area contributed by atoms with Crippen molar-refractivity contribution in [3.05, 3.63) is 58.6 Å². The standard InChI is InChI=1S/C12H12BrN3/c13-11-5-9(7-16-8-11)6-12(14)10-1-3-15-4-2-10/h1-5,7-8,12H,6,14H2. The van der Waals surface area contributed by atoms with E-state index in [1.807, 2.05) is 24.4 Å². The summed E-state index contributed by atoms with van der Waals surface area (Å²) in [6.07, 6.45) is 7.90. The number of hydrogen-bond acceptors (Lipinski definition) is 3. The van der Waals surface area contributed by atoms with Gasteiger partial charge in [-0.1, -0.05) is 0 Å². The Morgan fingerprint density at radius 1 is 1.19 bits per heavy atom. The van der Waals surface area contributed by atoms with Crippen LogP contribution in [0.3, 0.4) is 0 Å². The van der Waals surface area contributed by atoms with Crippen LogP contribution in [0.15, 0.2) is 47.5 Å². The predicted octanol–water partition coefficient (Wildman–Crippen LogP) is 2.48. The molecule has 3 nitrogen and oxygen atoms in total. The number of hydrogen-bond donors (Lipinski definition) is 1. The van der Waals surface area contributed by atoms with Gasteiger partial charge in [-0.25, -0.2) is 0 Å². The highest BCUT2D eigenvalue weighted by atomic mass is 79.9. The number of nitrogens with zero attached hydrogens (tertiary/aromatic N) is 2. The topological polar surface area (TPSA) is 51.8 Å². The Kier molecular flexibility index (Phi) is 3.64. The number of rotatable bonds is 3. The zero-order valence-electron chi connectivity index (χ0n) is 8.68. The molecule has 1 unspecified atom stereocenters. The third-order valence-electron chi connectivity index (χ3n) is 2.35. The van der Waals surface area contributed by atoms with E-state index in [0.717, 1.165) is 22.0 Å². The molecule has 2 aromatic heterocycles. The number of nitrogens with two attached hydrogens (primary N) is 1. The molecule has 0 spiro atoms. The van der Waals surface area contributed by atoms with Crippen LogP contribution in [0.5, 0.6) is 0 Å². The average Bonchev–Trinajstić information content (AvgIpc) is 2.30. The fourth-order valence-corrected chi connectivity index (χ4v) is 1.96. The van der Waals surface area contributed by atoms with Crippen LogP contribution in [0, 0.1) is 0 Å². The minimum atomic E-state index is -0.0147. The van der Waals surface area contributed by atoms with E-state index >= 15 is 0 Å². The van der Waals surface area contributed by atoms with Crippen molar-refractivity contribution in [2.75, 3.05) is 0 Å². The molecule has 0 saturated carbocycles. The number of aromatic nitrogens is 2. The van der Waals surface area contributed by atoms with E-state index in [-0.39, 0.29) is 6.04 Å². The summed E-state index contributed by atoms with van der Waals surface area (Å²) in [5.74, 6) is 0. The van der Waals surface area contributed by atoms with Gasteiger partial charge in [0.2, 0.25) is 0 Å². The highest BCUT2D eigenvalue weighted by molar-refractivity contribution is 9.10. The van der Waals surface area contributed by atoms with Gasteiger partial charge in [-0.15, -0.1) is 0 Å². The van der Waals surface area contributed by atoms with E-state index in [1.165, 1.54) is 0 Å². The molecule has 0 aromatic carbocycles. The van der Waals surface area contributed by atoms with Gasteiger partial charge >= 0.3 is 0 Å². The van der Waals surface area contributed by atoms with Crippen LogP contribution >= 0.6 is 15.9 Å². The van der Waals surface area contributed by atoms with Gasteiger partial charge in [0.15, 0.2) is 0 Å². The predicted molar refractivity (Wildman–Crippen MR) is 66.8 cm³/mol. The lowest BCUT2D eigenvalue weighted by Crippen LogP contribution is -2.13. The second-order valence-electron chi connectivity index (χ2n) is 3.60. The molecule has 4 heteroatoms. The lowest BCUT2D eigenvalue weighted by molar-refractivity contribution is 0.718. The van der Waals surface area contributed by atoms with Crippen LogP contribution in [-0.2, 0) is 6.42 Å². The normalized spacial score (nSPS) is 12.4. The fourth-order valence-electron chi connectivity index (χ4n) is 1.55. The molecule has 0 aliphatic carbocycles. The van der Waals surface area contributed by atoms with Gasteiger partial charge in [0.1, 0.15) is 0 Å². The molecule has 0 fully saturated rings.